The third kappa shape index (κ3) is 10.9. The van der Waals surface area contributed by atoms with Gasteiger partial charge in [-0.15, -0.1) is 11.8 Å². The zero-order valence-electron chi connectivity index (χ0n) is 14.6. The van der Waals surface area contributed by atoms with Gasteiger partial charge in [0.05, 0.1) is 12.4 Å². The SMILES string of the molecule is O=C(CSCC1CS1)OC(COC(O)CSCC1CS1)CSCC1CS1. The number of rotatable bonds is 16. The second kappa shape index (κ2) is 12.2. The maximum atomic E-state index is 12.1. The van der Waals surface area contributed by atoms with Gasteiger partial charge in [-0.3, -0.25) is 4.79 Å². The van der Waals surface area contributed by atoms with Gasteiger partial charge in [-0.05, 0) is 0 Å². The number of ether oxygens (including phenoxy) is 2. The van der Waals surface area contributed by atoms with E-state index in [1.54, 1.807) is 23.5 Å². The molecule has 0 bridgehead atoms. The van der Waals surface area contributed by atoms with Crippen LogP contribution >= 0.6 is 70.6 Å². The summed E-state index contributed by atoms with van der Waals surface area (Å²) in [5.41, 5.74) is 0. The molecule has 0 aromatic carbocycles. The lowest BCUT2D eigenvalue weighted by molar-refractivity contribution is -0.154. The van der Waals surface area contributed by atoms with Gasteiger partial charge in [0.15, 0.2) is 6.29 Å². The Bertz CT molecular complexity index is 431. The fourth-order valence-electron chi connectivity index (χ4n) is 2.00. The second-order valence-corrected chi connectivity index (χ2v) is 13.5. The molecule has 150 valence electrons. The zero-order valence-corrected chi connectivity index (χ0v) is 19.5. The van der Waals surface area contributed by atoms with Crippen molar-refractivity contribution < 1.29 is 19.4 Å². The van der Waals surface area contributed by atoms with E-state index in [-0.39, 0.29) is 18.7 Å². The Morgan fingerprint density at radius 1 is 0.962 bits per heavy atom. The lowest BCUT2D eigenvalue weighted by atomic mass is 10.4. The summed E-state index contributed by atoms with van der Waals surface area (Å²) in [5, 5.41) is 12.3. The van der Waals surface area contributed by atoms with Crippen LogP contribution in [0.2, 0.25) is 0 Å². The van der Waals surface area contributed by atoms with Crippen LogP contribution in [0.3, 0.4) is 0 Å². The Labute approximate surface area is 181 Å². The van der Waals surface area contributed by atoms with E-state index in [2.05, 4.69) is 0 Å². The van der Waals surface area contributed by atoms with Crippen LogP contribution in [0.4, 0.5) is 0 Å². The quantitative estimate of drug-likeness (QED) is 0.205. The Morgan fingerprint density at radius 2 is 1.50 bits per heavy atom. The van der Waals surface area contributed by atoms with Gasteiger partial charge in [0, 0.05) is 61.8 Å². The summed E-state index contributed by atoms with van der Waals surface area (Å²) in [6, 6.07) is 0. The summed E-state index contributed by atoms with van der Waals surface area (Å²) in [5.74, 6) is 8.50. The van der Waals surface area contributed by atoms with Crippen molar-refractivity contribution >= 4 is 76.5 Å². The van der Waals surface area contributed by atoms with E-state index in [0.717, 1.165) is 38.8 Å². The van der Waals surface area contributed by atoms with E-state index in [9.17, 15) is 9.90 Å². The van der Waals surface area contributed by atoms with Crippen LogP contribution in [0.1, 0.15) is 0 Å². The smallest absolute Gasteiger partial charge is 0.316 e. The van der Waals surface area contributed by atoms with Crippen molar-refractivity contribution in [3.8, 4) is 0 Å². The van der Waals surface area contributed by atoms with Gasteiger partial charge in [-0.2, -0.15) is 58.8 Å². The Kier molecular flexibility index (Phi) is 10.4. The first-order valence-corrected chi connectivity index (χ1v) is 15.4. The van der Waals surface area contributed by atoms with Crippen molar-refractivity contribution in [1.82, 2.24) is 0 Å². The Balaban J connectivity index is 1.29. The van der Waals surface area contributed by atoms with Crippen LogP contribution in [-0.2, 0) is 14.3 Å². The van der Waals surface area contributed by atoms with Crippen LogP contribution in [0.15, 0.2) is 0 Å². The van der Waals surface area contributed by atoms with Crippen LogP contribution in [-0.4, -0.2) is 97.6 Å². The van der Waals surface area contributed by atoms with Gasteiger partial charge < -0.3 is 14.6 Å². The normalized spacial score (nSPS) is 28.4. The van der Waals surface area contributed by atoms with Crippen molar-refractivity contribution in [3.05, 3.63) is 0 Å². The minimum absolute atomic E-state index is 0.162. The highest BCUT2D eigenvalue weighted by Crippen LogP contribution is 2.34. The summed E-state index contributed by atoms with van der Waals surface area (Å²) in [4.78, 5) is 12.1. The van der Waals surface area contributed by atoms with Crippen LogP contribution in [0.5, 0.6) is 0 Å². The van der Waals surface area contributed by atoms with Gasteiger partial charge in [0.2, 0.25) is 0 Å². The van der Waals surface area contributed by atoms with Crippen molar-refractivity contribution in [3.63, 3.8) is 0 Å². The number of aliphatic hydroxyl groups excluding tert-OH is 1. The van der Waals surface area contributed by atoms with E-state index in [1.807, 2.05) is 47.0 Å². The molecule has 5 unspecified atom stereocenters. The largest absolute Gasteiger partial charge is 0.458 e. The highest BCUT2D eigenvalue weighted by Gasteiger charge is 2.25. The summed E-state index contributed by atoms with van der Waals surface area (Å²) in [7, 11) is 0. The molecular weight excluding hydrogens is 449 g/mol. The Hall–Kier alpha value is 1.49. The summed E-state index contributed by atoms with van der Waals surface area (Å²) in [6.45, 7) is 0.277. The number of carbonyl (C=O) groups is 1. The van der Waals surface area contributed by atoms with Crippen LogP contribution < -0.4 is 0 Å². The fourth-order valence-corrected chi connectivity index (χ4v) is 7.72. The van der Waals surface area contributed by atoms with E-state index >= 15 is 0 Å². The van der Waals surface area contributed by atoms with Crippen molar-refractivity contribution in [2.24, 2.45) is 0 Å². The number of esters is 1. The van der Waals surface area contributed by atoms with Gasteiger partial charge >= 0.3 is 5.97 Å². The molecule has 0 aromatic rings. The molecule has 10 heteroatoms. The second-order valence-electron chi connectivity index (χ2n) is 6.36. The molecule has 3 rings (SSSR count). The highest BCUT2D eigenvalue weighted by atomic mass is 32.2. The third-order valence-corrected chi connectivity index (χ3v) is 10.7. The maximum Gasteiger partial charge on any atom is 0.316 e. The van der Waals surface area contributed by atoms with Crippen molar-refractivity contribution in [2.75, 3.05) is 58.4 Å². The molecule has 3 aliphatic rings. The van der Waals surface area contributed by atoms with Crippen LogP contribution in [0, 0.1) is 0 Å². The third-order valence-electron chi connectivity index (χ3n) is 3.68. The molecule has 5 atom stereocenters. The van der Waals surface area contributed by atoms with Gasteiger partial charge in [-0.25, -0.2) is 0 Å². The molecule has 0 aliphatic carbocycles. The highest BCUT2D eigenvalue weighted by molar-refractivity contribution is 8.09. The van der Waals surface area contributed by atoms with Gasteiger partial charge in [-0.1, -0.05) is 0 Å². The molecule has 0 amide bonds. The average Bonchev–Trinajstić information content (AvgIpc) is 3.45. The van der Waals surface area contributed by atoms with E-state index in [0.29, 0.717) is 11.5 Å². The summed E-state index contributed by atoms with van der Waals surface area (Å²) < 4.78 is 11.2. The van der Waals surface area contributed by atoms with Crippen molar-refractivity contribution in [1.29, 1.82) is 0 Å². The number of hydrogen-bond donors (Lipinski definition) is 1. The maximum absolute atomic E-state index is 12.1. The zero-order chi connectivity index (χ0) is 18.2. The average molecular weight is 475 g/mol. The molecule has 0 radical (unpaired) electrons. The molecule has 3 aliphatic heterocycles. The molecule has 3 fully saturated rings. The topological polar surface area (TPSA) is 55.8 Å². The number of carbonyl (C=O) groups excluding carboxylic acids is 1. The first kappa shape index (κ1) is 22.2. The molecule has 0 aromatic heterocycles. The molecular formula is C16H26O4S6. The van der Waals surface area contributed by atoms with E-state index in [1.165, 1.54) is 17.3 Å². The van der Waals surface area contributed by atoms with Crippen molar-refractivity contribution in [2.45, 2.75) is 28.1 Å². The molecule has 3 saturated heterocycles. The standard InChI is InChI=1S/C16H26O4S6/c17-15(9-22-4-13-7-25-13)19-1-11(2-21-3-12-6-24-12)20-16(18)10-23-5-14-8-26-14/h11-15,17H,1-10H2. The fraction of sp³-hybridized carbons (Fsp3) is 0.938. The molecule has 1 N–H and O–H groups in total. The van der Waals surface area contributed by atoms with E-state index < -0.39 is 6.29 Å². The van der Waals surface area contributed by atoms with Gasteiger partial charge in [0.1, 0.15) is 6.10 Å². The van der Waals surface area contributed by atoms with E-state index in [4.69, 9.17) is 9.47 Å². The monoisotopic (exact) mass is 474 g/mol. The first-order chi connectivity index (χ1) is 12.7. The summed E-state index contributed by atoms with van der Waals surface area (Å²) in [6.07, 6.45) is -1.05. The molecule has 0 spiro atoms. The first-order valence-electron chi connectivity index (χ1n) is 8.76. The lowest BCUT2D eigenvalue weighted by Crippen LogP contribution is -2.30. The lowest BCUT2D eigenvalue weighted by Gasteiger charge is -2.20. The molecule has 4 nitrogen and oxygen atoms in total. The minimum Gasteiger partial charge on any atom is -0.458 e. The molecule has 0 saturated carbocycles. The summed E-state index contributed by atoms with van der Waals surface area (Å²) >= 11 is 11.1. The number of aliphatic hydroxyl groups is 1. The number of hydrogen-bond acceptors (Lipinski definition) is 10. The Morgan fingerprint density at radius 3 is 2.08 bits per heavy atom. The molecule has 3 heterocycles. The number of thioether (sulfide) groups is 6. The minimum atomic E-state index is -0.782. The predicted molar refractivity (Wildman–Crippen MR) is 123 cm³/mol. The van der Waals surface area contributed by atoms with Crippen LogP contribution in [0.25, 0.3) is 0 Å². The predicted octanol–water partition coefficient (Wildman–Crippen LogP) is 2.78. The van der Waals surface area contributed by atoms with Gasteiger partial charge in [0.25, 0.3) is 0 Å². The molecule has 26 heavy (non-hydrogen) atoms.